The third kappa shape index (κ3) is 9.17. The molecule has 2 N–H and O–H groups in total. The first-order chi connectivity index (χ1) is 26.6. The smallest absolute Gasteiger partial charge is 0.415 e. The number of rotatable bonds is 8. The third-order valence-corrected chi connectivity index (χ3v) is 10.8. The molecule has 4 aliphatic carbocycles. The topological polar surface area (TPSA) is 122 Å². The van der Waals surface area contributed by atoms with Crippen molar-refractivity contribution in [3.63, 3.8) is 0 Å². The average Bonchev–Trinajstić information content (AvgIpc) is 3.53. The molecule has 3 heterocycles. The van der Waals surface area contributed by atoms with Crippen LogP contribution in [0.5, 0.6) is 0 Å². The largest absolute Gasteiger partial charge is 0.445 e. The number of nitrogens with one attached hydrogen (secondary N) is 2. The summed E-state index contributed by atoms with van der Waals surface area (Å²) < 4.78 is 122. The van der Waals surface area contributed by atoms with E-state index in [1.807, 2.05) is 13.8 Å². The standard InChI is InChI=1S/C18H17F4N3O3.C18H23F4N3O2.C2H6/c1-25-15(23-16(26)27-12-9-18(21,22)28-12)13(10-5-3-2-4-6-10)14(24-25)11-7-17(19,20)8-11;1-16(8-18(21,22)9-16)13-12(10-4-3-5-10)14(25(2)24-13)23-15(26)27-11-6-17(19,20)7-11;1-2/h2-6,11-12H,7-9H2,1H3,(H,23,26);10-11H,3-9H2,1-2H3,(H,23,26);1-2H3. The zero-order valence-corrected chi connectivity index (χ0v) is 32.1. The van der Waals surface area contributed by atoms with Gasteiger partial charge in [0.2, 0.25) is 18.1 Å². The molecule has 57 heavy (non-hydrogen) atoms. The molecule has 4 saturated carbocycles. The second kappa shape index (κ2) is 15.4. The van der Waals surface area contributed by atoms with Crippen LogP contribution >= 0.6 is 0 Å². The lowest BCUT2D eigenvalue weighted by atomic mass is 9.63. The van der Waals surface area contributed by atoms with Crippen molar-refractivity contribution in [2.75, 3.05) is 10.6 Å². The fourth-order valence-corrected chi connectivity index (χ4v) is 7.85. The van der Waals surface area contributed by atoms with Crippen molar-refractivity contribution in [3.8, 4) is 11.1 Å². The Balaban J connectivity index is 0.000000185. The molecule has 0 spiro atoms. The van der Waals surface area contributed by atoms with Gasteiger partial charge in [-0.2, -0.15) is 19.0 Å². The Morgan fingerprint density at radius 2 is 1.30 bits per heavy atom. The molecular weight excluding hydrogens is 772 g/mol. The third-order valence-electron chi connectivity index (χ3n) is 10.8. The van der Waals surface area contributed by atoms with Crippen molar-refractivity contribution in [3.05, 3.63) is 47.3 Å². The molecule has 3 aromatic rings. The second-order valence-electron chi connectivity index (χ2n) is 15.5. The van der Waals surface area contributed by atoms with Gasteiger partial charge in [-0.25, -0.2) is 35.9 Å². The molecule has 19 heteroatoms. The van der Waals surface area contributed by atoms with Crippen molar-refractivity contribution in [2.24, 2.45) is 14.1 Å². The maximum absolute atomic E-state index is 13.5. The Morgan fingerprint density at radius 1 is 0.754 bits per heavy atom. The average molecular weight is 819 g/mol. The number of alkyl halides is 8. The fraction of sp³-hybridized carbons (Fsp3) is 0.632. The van der Waals surface area contributed by atoms with Gasteiger partial charge in [-0.05, 0) is 24.3 Å². The highest BCUT2D eigenvalue weighted by Crippen LogP contribution is 2.56. The van der Waals surface area contributed by atoms with Crippen molar-refractivity contribution in [1.82, 2.24) is 19.6 Å². The molecule has 2 amide bonds. The van der Waals surface area contributed by atoms with Crippen molar-refractivity contribution >= 4 is 23.8 Å². The van der Waals surface area contributed by atoms with E-state index in [0.29, 0.717) is 28.3 Å². The lowest BCUT2D eigenvalue weighted by molar-refractivity contribution is -0.398. The minimum Gasteiger partial charge on any atom is -0.445 e. The van der Waals surface area contributed by atoms with Gasteiger partial charge in [-0.15, -0.1) is 0 Å². The number of aryl methyl sites for hydroxylation is 2. The predicted molar refractivity (Wildman–Crippen MR) is 191 cm³/mol. The number of hydrogen-bond donors (Lipinski definition) is 2. The van der Waals surface area contributed by atoms with Crippen LogP contribution < -0.4 is 10.6 Å². The van der Waals surface area contributed by atoms with Gasteiger partial charge in [0, 0.05) is 75.1 Å². The first kappa shape index (κ1) is 42.2. The molecule has 0 radical (unpaired) electrons. The molecule has 11 nitrogen and oxygen atoms in total. The molecule has 1 atom stereocenters. The molecule has 314 valence electrons. The van der Waals surface area contributed by atoms with Crippen LogP contribution in [0.1, 0.15) is 114 Å². The van der Waals surface area contributed by atoms with Crippen LogP contribution in [0, 0.1) is 0 Å². The van der Waals surface area contributed by atoms with E-state index in [-0.39, 0.29) is 37.4 Å². The van der Waals surface area contributed by atoms with Gasteiger partial charge in [0.1, 0.15) is 24.2 Å². The zero-order chi connectivity index (χ0) is 41.7. The lowest BCUT2D eigenvalue weighted by Crippen LogP contribution is -2.48. The normalized spacial score (nSPS) is 23.6. The molecule has 1 saturated heterocycles. The summed E-state index contributed by atoms with van der Waals surface area (Å²) in [4.78, 5) is 24.3. The van der Waals surface area contributed by atoms with Crippen LogP contribution in [-0.2, 0) is 33.7 Å². The minimum atomic E-state index is -3.30. The van der Waals surface area contributed by atoms with Gasteiger partial charge in [0.05, 0.1) is 11.4 Å². The predicted octanol–water partition coefficient (Wildman–Crippen LogP) is 10.2. The van der Waals surface area contributed by atoms with E-state index < -0.39 is 79.1 Å². The van der Waals surface area contributed by atoms with E-state index in [1.165, 1.54) is 9.36 Å². The highest BCUT2D eigenvalue weighted by Gasteiger charge is 2.57. The summed E-state index contributed by atoms with van der Waals surface area (Å²) in [5.41, 5.74) is 2.29. The first-order valence-corrected chi connectivity index (χ1v) is 19.0. The van der Waals surface area contributed by atoms with Gasteiger partial charge in [-0.3, -0.25) is 24.7 Å². The number of hydrogen-bond acceptors (Lipinski definition) is 7. The van der Waals surface area contributed by atoms with Gasteiger partial charge in [0.15, 0.2) is 0 Å². The number of halogens is 8. The summed E-state index contributed by atoms with van der Waals surface area (Å²) in [6, 6.07) is 8.88. The molecule has 8 rings (SSSR count). The molecule has 1 unspecified atom stereocenters. The second-order valence-corrected chi connectivity index (χ2v) is 15.5. The van der Waals surface area contributed by atoms with Crippen LogP contribution in [0.2, 0.25) is 0 Å². The Kier molecular flexibility index (Phi) is 11.4. The van der Waals surface area contributed by atoms with E-state index in [4.69, 9.17) is 9.47 Å². The minimum absolute atomic E-state index is 0.156. The number of anilines is 2. The van der Waals surface area contributed by atoms with Crippen molar-refractivity contribution in [2.45, 2.75) is 139 Å². The maximum Gasteiger partial charge on any atom is 0.415 e. The van der Waals surface area contributed by atoms with Crippen molar-refractivity contribution < 1.29 is 58.9 Å². The number of carbonyl (C=O) groups excluding carboxylic acids is 2. The van der Waals surface area contributed by atoms with Gasteiger partial charge < -0.3 is 9.47 Å². The summed E-state index contributed by atoms with van der Waals surface area (Å²) in [7, 11) is 3.19. The van der Waals surface area contributed by atoms with Crippen LogP contribution in [0.4, 0.5) is 56.3 Å². The number of ether oxygens (including phenoxy) is 3. The summed E-state index contributed by atoms with van der Waals surface area (Å²) in [6.07, 6.45) is -7.24. The molecule has 1 aromatic carbocycles. The number of carbonyl (C=O) groups is 2. The number of aromatic nitrogens is 4. The highest BCUT2D eigenvalue weighted by atomic mass is 19.3. The molecule has 1 aliphatic heterocycles. The van der Waals surface area contributed by atoms with E-state index in [0.717, 1.165) is 24.8 Å². The van der Waals surface area contributed by atoms with Gasteiger partial charge in [0.25, 0.3) is 5.92 Å². The summed E-state index contributed by atoms with van der Waals surface area (Å²) in [6.45, 7) is 5.77. The van der Waals surface area contributed by atoms with E-state index >= 15 is 0 Å². The lowest BCUT2D eigenvalue weighted by Gasteiger charge is -2.45. The molecule has 5 fully saturated rings. The monoisotopic (exact) mass is 818 g/mol. The maximum atomic E-state index is 13.5. The molecule has 0 bridgehead atoms. The Hall–Kier alpha value is -4.42. The van der Waals surface area contributed by atoms with Crippen molar-refractivity contribution in [1.29, 1.82) is 0 Å². The van der Waals surface area contributed by atoms with Crippen LogP contribution in [0.15, 0.2) is 30.3 Å². The van der Waals surface area contributed by atoms with E-state index in [9.17, 15) is 44.7 Å². The van der Waals surface area contributed by atoms with E-state index in [1.54, 1.807) is 51.4 Å². The Labute approximate surface area is 323 Å². The van der Waals surface area contributed by atoms with Crippen LogP contribution in [-0.4, -0.2) is 68.0 Å². The number of nitrogens with zero attached hydrogens (tertiary/aromatic N) is 4. The fourth-order valence-electron chi connectivity index (χ4n) is 7.85. The quantitative estimate of drug-likeness (QED) is 0.217. The Bertz CT molecular complexity index is 1920. The molecule has 2 aromatic heterocycles. The first-order valence-electron chi connectivity index (χ1n) is 19.0. The highest BCUT2D eigenvalue weighted by molar-refractivity contribution is 5.91. The van der Waals surface area contributed by atoms with Gasteiger partial charge in [-0.1, -0.05) is 57.5 Å². The summed E-state index contributed by atoms with van der Waals surface area (Å²) in [5.74, 6) is -7.83. The number of amides is 2. The van der Waals surface area contributed by atoms with Crippen LogP contribution in [0.25, 0.3) is 11.1 Å². The van der Waals surface area contributed by atoms with Crippen LogP contribution in [0.3, 0.4) is 0 Å². The van der Waals surface area contributed by atoms with Gasteiger partial charge >= 0.3 is 18.3 Å². The summed E-state index contributed by atoms with van der Waals surface area (Å²) >= 11 is 0. The summed E-state index contributed by atoms with van der Waals surface area (Å²) in [5, 5.41) is 13.9. The Morgan fingerprint density at radius 3 is 1.81 bits per heavy atom. The number of benzene rings is 1. The molecular formula is C38H46F8N6O5. The van der Waals surface area contributed by atoms with E-state index in [2.05, 4.69) is 25.6 Å². The molecule has 5 aliphatic rings. The SMILES string of the molecule is CC.Cn1nc(C2(C)CC(F)(F)C2)c(C2CCC2)c1NC(=O)OC1CC(F)(F)C1.Cn1nc(C2CC(F)(F)C2)c(-c2ccccc2)c1NC(=O)OC1CC(F)(F)O1. The zero-order valence-electron chi connectivity index (χ0n) is 32.1.